The Labute approximate surface area is 90.2 Å². The zero-order valence-electron chi connectivity index (χ0n) is 9.25. The molecule has 0 saturated heterocycles. The van der Waals surface area contributed by atoms with Crippen molar-refractivity contribution in [1.82, 2.24) is 0 Å². The number of carbonyl (C=O) groups is 2. The van der Waals surface area contributed by atoms with Gasteiger partial charge in [-0.1, -0.05) is 13.3 Å². The highest BCUT2D eigenvalue weighted by Gasteiger charge is 2.64. The first-order valence-electron chi connectivity index (χ1n) is 5.90. The Morgan fingerprint density at radius 2 is 2.40 bits per heavy atom. The molecular formula is C12H18O3. The second-order valence-electron chi connectivity index (χ2n) is 4.71. The maximum absolute atomic E-state index is 11.6. The van der Waals surface area contributed by atoms with Crippen LogP contribution in [0.1, 0.15) is 45.4 Å². The molecule has 0 aromatic carbocycles. The number of Topliss-reactive ketones (excluding diaryl/α,β-unsaturated/α-hetero) is 1. The molecule has 15 heavy (non-hydrogen) atoms. The lowest BCUT2D eigenvalue weighted by Gasteiger charge is -2.07. The van der Waals surface area contributed by atoms with Gasteiger partial charge in [0.2, 0.25) is 0 Å². The van der Waals surface area contributed by atoms with E-state index in [1.54, 1.807) is 0 Å². The predicted molar refractivity (Wildman–Crippen MR) is 55.3 cm³/mol. The summed E-state index contributed by atoms with van der Waals surface area (Å²) in [6.07, 6.45) is 5.22. The molecule has 0 aromatic heterocycles. The molecule has 2 aliphatic rings. The lowest BCUT2D eigenvalue weighted by molar-refractivity contribution is -0.147. The van der Waals surface area contributed by atoms with E-state index in [1.165, 1.54) is 0 Å². The summed E-state index contributed by atoms with van der Waals surface area (Å²) in [5, 5.41) is 0. The lowest BCUT2D eigenvalue weighted by atomic mass is 10.0. The summed E-state index contributed by atoms with van der Waals surface area (Å²) in [4.78, 5) is 23.2. The highest BCUT2D eigenvalue weighted by Crippen LogP contribution is 2.61. The van der Waals surface area contributed by atoms with Gasteiger partial charge in [0.15, 0.2) is 0 Å². The molecule has 2 rings (SSSR count). The Balaban J connectivity index is 1.82. The van der Waals surface area contributed by atoms with E-state index in [9.17, 15) is 9.59 Å². The van der Waals surface area contributed by atoms with Crippen LogP contribution in [-0.4, -0.2) is 18.4 Å². The maximum atomic E-state index is 11.6. The second kappa shape index (κ2) is 3.95. The molecule has 0 radical (unpaired) electrons. The number of ether oxygens (including phenoxy) is 1. The molecule has 0 amide bonds. The highest BCUT2D eigenvalue weighted by molar-refractivity contribution is 5.96. The summed E-state index contributed by atoms with van der Waals surface area (Å²) in [5.41, 5.74) is -0.275. The molecule has 0 aliphatic heterocycles. The van der Waals surface area contributed by atoms with Gasteiger partial charge >= 0.3 is 5.97 Å². The van der Waals surface area contributed by atoms with Gasteiger partial charge in [-0.25, -0.2) is 0 Å². The van der Waals surface area contributed by atoms with Crippen molar-refractivity contribution in [2.75, 3.05) is 6.61 Å². The van der Waals surface area contributed by atoms with Crippen LogP contribution in [0.15, 0.2) is 0 Å². The average molecular weight is 210 g/mol. The molecule has 2 saturated carbocycles. The van der Waals surface area contributed by atoms with E-state index in [0.717, 1.165) is 32.1 Å². The van der Waals surface area contributed by atoms with Crippen molar-refractivity contribution in [1.29, 1.82) is 0 Å². The van der Waals surface area contributed by atoms with Crippen LogP contribution in [0.4, 0.5) is 0 Å². The summed E-state index contributed by atoms with van der Waals surface area (Å²) in [5.74, 6) is 0.0444. The average Bonchev–Trinajstić information content (AvgIpc) is 2.83. The van der Waals surface area contributed by atoms with Gasteiger partial charge in [0.25, 0.3) is 0 Å². The highest BCUT2D eigenvalue weighted by atomic mass is 16.5. The standard InChI is InChI=1S/C12H18O3/c1-2-3-7-15-11(14)9-8-12(9)6-4-5-10(12)13/h9H,2-8H2,1H3/t9-,12+/m1/s1. The molecule has 0 unspecified atom stereocenters. The molecular weight excluding hydrogens is 192 g/mol. The number of hydrogen-bond acceptors (Lipinski definition) is 3. The molecule has 3 nitrogen and oxygen atoms in total. The summed E-state index contributed by atoms with van der Waals surface area (Å²) >= 11 is 0. The van der Waals surface area contributed by atoms with Gasteiger partial charge in [0.1, 0.15) is 5.78 Å². The third kappa shape index (κ3) is 1.80. The van der Waals surface area contributed by atoms with Gasteiger partial charge in [0, 0.05) is 11.8 Å². The van der Waals surface area contributed by atoms with Crippen LogP contribution in [0.3, 0.4) is 0 Å². The van der Waals surface area contributed by atoms with Crippen molar-refractivity contribution in [2.45, 2.75) is 45.4 Å². The van der Waals surface area contributed by atoms with E-state index < -0.39 is 0 Å². The van der Waals surface area contributed by atoms with Gasteiger partial charge in [-0.05, 0) is 25.7 Å². The topological polar surface area (TPSA) is 43.4 Å². The Bertz CT molecular complexity index is 285. The molecule has 1 spiro atoms. The van der Waals surface area contributed by atoms with Crippen molar-refractivity contribution < 1.29 is 14.3 Å². The largest absolute Gasteiger partial charge is 0.465 e. The minimum absolute atomic E-state index is 0.107. The number of rotatable bonds is 4. The molecule has 0 aromatic rings. The summed E-state index contributed by atoms with van der Waals surface area (Å²) in [6.45, 7) is 2.57. The second-order valence-corrected chi connectivity index (χ2v) is 4.71. The molecule has 0 bridgehead atoms. The normalized spacial score (nSPS) is 33.4. The SMILES string of the molecule is CCCCOC(=O)[C@H]1C[C@@]12CCCC2=O. The maximum Gasteiger partial charge on any atom is 0.309 e. The van der Waals surface area contributed by atoms with E-state index in [4.69, 9.17) is 4.74 Å². The van der Waals surface area contributed by atoms with Crippen LogP contribution in [0.25, 0.3) is 0 Å². The zero-order valence-corrected chi connectivity index (χ0v) is 9.25. The summed E-state index contributed by atoms with van der Waals surface area (Å²) in [7, 11) is 0. The van der Waals surface area contributed by atoms with Gasteiger partial charge < -0.3 is 4.74 Å². The minimum atomic E-state index is -0.275. The fraction of sp³-hybridized carbons (Fsp3) is 0.833. The zero-order chi connectivity index (χ0) is 10.9. The number of esters is 1. The first-order chi connectivity index (χ1) is 7.20. The fourth-order valence-corrected chi connectivity index (χ4v) is 2.57. The fourth-order valence-electron chi connectivity index (χ4n) is 2.57. The molecule has 84 valence electrons. The summed E-state index contributed by atoms with van der Waals surface area (Å²) in [6, 6.07) is 0. The van der Waals surface area contributed by atoms with Crippen LogP contribution in [0.2, 0.25) is 0 Å². The lowest BCUT2D eigenvalue weighted by Crippen LogP contribution is -2.17. The van der Waals surface area contributed by atoms with Crippen LogP contribution in [0, 0.1) is 11.3 Å². The quantitative estimate of drug-likeness (QED) is 0.527. The van der Waals surface area contributed by atoms with E-state index in [1.807, 2.05) is 0 Å². The minimum Gasteiger partial charge on any atom is -0.465 e. The van der Waals surface area contributed by atoms with Crippen LogP contribution in [-0.2, 0) is 14.3 Å². The predicted octanol–water partition coefficient (Wildman–Crippen LogP) is 2.09. The van der Waals surface area contributed by atoms with E-state index in [-0.39, 0.29) is 17.3 Å². The van der Waals surface area contributed by atoms with Gasteiger partial charge in [0.05, 0.1) is 12.5 Å². The van der Waals surface area contributed by atoms with Crippen molar-refractivity contribution in [3.63, 3.8) is 0 Å². The Morgan fingerprint density at radius 1 is 1.60 bits per heavy atom. The van der Waals surface area contributed by atoms with Gasteiger partial charge in [-0.3, -0.25) is 9.59 Å². The van der Waals surface area contributed by atoms with Crippen molar-refractivity contribution >= 4 is 11.8 Å². The molecule has 2 aliphatic carbocycles. The third-order valence-electron chi connectivity index (χ3n) is 3.68. The molecule has 2 fully saturated rings. The van der Waals surface area contributed by atoms with Crippen LogP contribution in [0.5, 0.6) is 0 Å². The number of unbranched alkanes of at least 4 members (excludes halogenated alkanes) is 1. The smallest absolute Gasteiger partial charge is 0.309 e. The molecule has 2 atom stereocenters. The first-order valence-corrected chi connectivity index (χ1v) is 5.90. The first kappa shape index (κ1) is 10.7. The van der Waals surface area contributed by atoms with Crippen molar-refractivity contribution in [3.8, 4) is 0 Å². The van der Waals surface area contributed by atoms with E-state index in [2.05, 4.69) is 6.92 Å². The van der Waals surface area contributed by atoms with Gasteiger partial charge in [-0.15, -0.1) is 0 Å². The van der Waals surface area contributed by atoms with Crippen LogP contribution < -0.4 is 0 Å². The monoisotopic (exact) mass is 210 g/mol. The third-order valence-corrected chi connectivity index (χ3v) is 3.68. The van der Waals surface area contributed by atoms with Gasteiger partial charge in [-0.2, -0.15) is 0 Å². The van der Waals surface area contributed by atoms with Crippen molar-refractivity contribution in [2.24, 2.45) is 11.3 Å². The Morgan fingerprint density at radius 3 is 3.00 bits per heavy atom. The number of hydrogen-bond donors (Lipinski definition) is 0. The van der Waals surface area contributed by atoms with Crippen LogP contribution >= 0.6 is 0 Å². The van der Waals surface area contributed by atoms with E-state index in [0.29, 0.717) is 18.8 Å². The molecule has 0 N–H and O–H groups in total. The van der Waals surface area contributed by atoms with Crippen molar-refractivity contribution in [3.05, 3.63) is 0 Å². The Kier molecular flexibility index (Phi) is 2.81. The molecule has 3 heteroatoms. The molecule has 0 heterocycles. The number of ketones is 1. The van der Waals surface area contributed by atoms with E-state index >= 15 is 0 Å². The Hall–Kier alpha value is -0.860. The summed E-state index contributed by atoms with van der Waals surface area (Å²) < 4.78 is 5.15. The number of carbonyl (C=O) groups excluding carboxylic acids is 2.